The van der Waals surface area contributed by atoms with Crippen molar-refractivity contribution in [3.05, 3.63) is 29.8 Å². The third-order valence-corrected chi connectivity index (χ3v) is 2.83. The fraction of sp³-hybridized carbons (Fsp3) is 0.500. The Labute approximate surface area is 103 Å². The van der Waals surface area contributed by atoms with Crippen LogP contribution in [0.2, 0.25) is 0 Å². The molecule has 1 aromatic rings. The predicted molar refractivity (Wildman–Crippen MR) is 59.3 cm³/mol. The van der Waals surface area contributed by atoms with Gasteiger partial charge in [0.15, 0.2) is 0 Å². The van der Waals surface area contributed by atoms with Crippen molar-refractivity contribution in [2.24, 2.45) is 5.73 Å². The molecule has 1 saturated heterocycles. The van der Waals surface area contributed by atoms with Gasteiger partial charge >= 0.3 is 6.18 Å². The summed E-state index contributed by atoms with van der Waals surface area (Å²) in [7, 11) is 0. The monoisotopic (exact) mass is 261 g/mol. The smallest absolute Gasteiger partial charge is 0.419 e. The van der Waals surface area contributed by atoms with Gasteiger partial charge in [0.1, 0.15) is 11.9 Å². The Morgan fingerprint density at radius 2 is 2.00 bits per heavy atom. The lowest BCUT2D eigenvalue weighted by molar-refractivity contribution is -0.139. The first kappa shape index (κ1) is 13.2. The molecule has 0 amide bonds. The summed E-state index contributed by atoms with van der Waals surface area (Å²) in [6, 6.07) is 4.81. The van der Waals surface area contributed by atoms with Crippen LogP contribution in [-0.4, -0.2) is 25.4 Å². The van der Waals surface area contributed by atoms with Crippen molar-refractivity contribution in [3.8, 4) is 5.75 Å². The number of para-hydroxylation sites is 1. The van der Waals surface area contributed by atoms with E-state index < -0.39 is 17.8 Å². The Morgan fingerprint density at radius 1 is 1.28 bits per heavy atom. The maximum Gasteiger partial charge on any atom is 0.419 e. The van der Waals surface area contributed by atoms with Gasteiger partial charge in [-0.25, -0.2) is 0 Å². The molecule has 3 nitrogen and oxygen atoms in total. The minimum atomic E-state index is -4.43. The molecule has 2 atom stereocenters. The van der Waals surface area contributed by atoms with Crippen LogP contribution in [0.5, 0.6) is 5.75 Å². The predicted octanol–water partition coefficient (Wildman–Crippen LogP) is 2.20. The largest absolute Gasteiger partial charge is 0.486 e. The van der Waals surface area contributed by atoms with Gasteiger partial charge in [0, 0.05) is 12.6 Å². The van der Waals surface area contributed by atoms with Crippen LogP contribution in [0.3, 0.4) is 0 Å². The summed E-state index contributed by atoms with van der Waals surface area (Å²) >= 11 is 0. The summed E-state index contributed by atoms with van der Waals surface area (Å²) in [5.41, 5.74) is 5.01. The Hall–Kier alpha value is -1.27. The van der Waals surface area contributed by atoms with Gasteiger partial charge < -0.3 is 15.2 Å². The molecule has 2 unspecified atom stereocenters. The standard InChI is InChI=1S/C12H14F3NO2/c13-12(14,15)8-3-1-2-4-10(8)18-11-7-17-6-5-9(11)16/h1-4,9,11H,5-7,16H2. The highest BCUT2D eigenvalue weighted by atomic mass is 19.4. The zero-order chi connectivity index (χ0) is 13.2. The summed E-state index contributed by atoms with van der Waals surface area (Å²) in [5.74, 6) is -0.198. The van der Waals surface area contributed by atoms with Gasteiger partial charge in [-0.2, -0.15) is 13.2 Å². The minimum absolute atomic E-state index is 0.198. The minimum Gasteiger partial charge on any atom is -0.486 e. The summed E-state index contributed by atoms with van der Waals surface area (Å²) in [6.07, 6.45) is -4.39. The lowest BCUT2D eigenvalue weighted by atomic mass is 10.1. The molecule has 0 aromatic heterocycles. The maximum absolute atomic E-state index is 12.8. The first-order valence-corrected chi connectivity index (χ1v) is 5.64. The molecule has 0 aliphatic carbocycles. The summed E-state index contributed by atoms with van der Waals surface area (Å²) in [6.45, 7) is 0.731. The number of alkyl halides is 3. The third-order valence-electron chi connectivity index (χ3n) is 2.83. The average molecular weight is 261 g/mol. The Bertz CT molecular complexity index is 409. The Balaban J connectivity index is 2.18. The van der Waals surface area contributed by atoms with E-state index in [0.29, 0.717) is 13.0 Å². The van der Waals surface area contributed by atoms with Crippen molar-refractivity contribution in [1.29, 1.82) is 0 Å². The van der Waals surface area contributed by atoms with E-state index in [9.17, 15) is 13.2 Å². The second-order valence-electron chi connectivity index (χ2n) is 4.18. The molecular weight excluding hydrogens is 247 g/mol. The van der Waals surface area contributed by atoms with Gasteiger partial charge in [-0.15, -0.1) is 0 Å². The molecule has 0 radical (unpaired) electrons. The van der Waals surface area contributed by atoms with Crippen molar-refractivity contribution in [1.82, 2.24) is 0 Å². The third kappa shape index (κ3) is 2.94. The van der Waals surface area contributed by atoms with E-state index in [1.807, 2.05) is 0 Å². The highest BCUT2D eigenvalue weighted by molar-refractivity contribution is 5.35. The number of benzene rings is 1. The number of rotatable bonds is 2. The molecule has 1 fully saturated rings. The molecule has 2 N–H and O–H groups in total. The number of hydrogen-bond acceptors (Lipinski definition) is 3. The molecule has 0 bridgehead atoms. The van der Waals surface area contributed by atoms with Crippen LogP contribution in [0.25, 0.3) is 0 Å². The summed E-state index contributed by atoms with van der Waals surface area (Å²) < 4.78 is 48.8. The topological polar surface area (TPSA) is 44.5 Å². The van der Waals surface area contributed by atoms with Crippen molar-refractivity contribution >= 4 is 0 Å². The molecule has 6 heteroatoms. The maximum atomic E-state index is 12.8. The molecule has 1 aliphatic rings. The number of halogens is 3. The lowest BCUT2D eigenvalue weighted by Gasteiger charge is -2.30. The van der Waals surface area contributed by atoms with Crippen molar-refractivity contribution in [3.63, 3.8) is 0 Å². The highest BCUT2D eigenvalue weighted by Gasteiger charge is 2.35. The van der Waals surface area contributed by atoms with Crippen LogP contribution >= 0.6 is 0 Å². The molecule has 0 saturated carbocycles. The fourth-order valence-corrected chi connectivity index (χ4v) is 1.82. The second kappa shape index (κ2) is 5.16. The molecule has 1 heterocycles. The van der Waals surface area contributed by atoms with E-state index in [2.05, 4.69) is 0 Å². The van der Waals surface area contributed by atoms with Gasteiger partial charge in [-0.3, -0.25) is 0 Å². The number of nitrogens with two attached hydrogens (primary N) is 1. The van der Waals surface area contributed by atoms with Gasteiger partial charge in [-0.05, 0) is 18.6 Å². The number of ether oxygens (including phenoxy) is 2. The van der Waals surface area contributed by atoms with Crippen LogP contribution in [0, 0.1) is 0 Å². The summed E-state index contributed by atoms with van der Waals surface area (Å²) in [5, 5.41) is 0. The molecule has 1 aliphatic heterocycles. The van der Waals surface area contributed by atoms with Crippen LogP contribution in [-0.2, 0) is 10.9 Å². The van der Waals surface area contributed by atoms with E-state index in [0.717, 1.165) is 6.07 Å². The van der Waals surface area contributed by atoms with E-state index in [4.69, 9.17) is 15.2 Å². The van der Waals surface area contributed by atoms with Crippen molar-refractivity contribution in [2.75, 3.05) is 13.2 Å². The van der Waals surface area contributed by atoms with Crippen LogP contribution in [0.4, 0.5) is 13.2 Å². The Kier molecular flexibility index (Phi) is 3.77. The van der Waals surface area contributed by atoms with E-state index in [1.54, 1.807) is 0 Å². The average Bonchev–Trinajstić information content (AvgIpc) is 2.31. The van der Waals surface area contributed by atoms with Gasteiger partial charge in [0.05, 0.1) is 12.2 Å². The second-order valence-corrected chi connectivity index (χ2v) is 4.18. The van der Waals surface area contributed by atoms with Gasteiger partial charge in [-0.1, -0.05) is 12.1 Å². The molecular formula is C12H14F3NO2. The van der Waals surface area contributed by atoms with E-state index >= 15 is 0 Å². The molecule has 1 aromatic carbocycles. The van der Waals surface area contributed by atoms with Crippen LogP contribution < -0.4 is 10.5 Å². The zero-order valence-corrected chi connectivity index (χ0v) is 9.61. The van der Waals surface area contributed by atoms with Crippen LogP contribution in [0.1, 0.15) is 12.0 Å². The zero-order valence-electron chi connectivity index (χ0n) is 9.61. The first-order valence-electron chi connectivity index (χ1n) is 5.64. The normalized spacial score (nSPS) is 24.9. The molecule has 100 valence electrons. The van der Waals surface area contributed by atoms with Crippen molar-refractivity contribution in [2.45, 2.75) is 24.7 Å². The first-order chi connectivity index (χ1) is 8.48. The SMILES string of the molecule is NC1CCOCC1Oc1ccccc1C(F)(F)F. The van der Waals surface area contributed by atoms with Crippen LogP contribution in [0.15, 0.2) is 24.3 Å². The molecule has 2 rings (SSSR count). The lowest BCUT2D eigenvalue weighted by Crippen LogP contribution is -2.46. The summed E-state index contributed by atoms with van der Waals surface area (Å²) in [4.78, 5) is 0. The van der Waals surface area contributed by atoms with Crippen molar-refractivity contribution < 1.29 is 22.6 Å². The number of hydrogen-bond donors (Lipinski definition) is 1. The van der Waals surface area contributed by atoms with E-state index in [-0.39, 0.29) is 18.4 Å². The Morgan fingerprint density at radius 3 is 2.67 bits per heavy atom. The van der Waals surface area contributed by atoms with Gasteiger partial charge in [0.2, 0.25) is 0 Å². The fourth-order valence-electron chi connectivity index (χ4n) is 1.82. The molecule has 0 spiro atoms. The van der Waals surface area contributed by atoms with Gasteiger partial charge in [0.25, 0.3) is 0 Å². The quantitative estimate of drug-likeness (QED) is 0.887. The molecule has 18 heavy (non-hydrogen) atoms. The van der Waals surface area contributed by atoms with E-state index in [1.165, 1.54) is 18.2 Å². The highest BCUT2D eigenvalue weighted by Crippen LogP contribution is 2.36.